The monoisotopic (exact) mass is 142 g/mol. The quantitative estimate of drug-likeness (QED) is 0.580. The lowest BCUT2D eigenvalue weighted by Crippen LogP contribution is -1.96. The lowest BCUT2D eigenvalue weighted by Gasteiger charge is -1.94. The zero-order valence-electron chi connectivity index (χ0n) is 6.48. The normalized spacial score (nSPS) is 10.4. The molecule has 1 heterocycles. The highest BCUT2D eigenvalue weighted by molar-refractivity contribution is 5.11. The van der Waals surface area contributed by atoms with E-state index in [0.29, 0.717) is 17.8 Å². The lowest BCUT2D eigenvalue weighted by molar-refractivity contribution is 0.595. The van der Waals surface area contributed by atoms with Crippen LogP contribution in [0, 0.1) is 12.7 Å². The molecule has 0 N–H and O–H groups in total. The minimum absolute atomic E-state index is 0.162. The summed E-state index contributed by atoms with van der Waals surface area (Å²) in [5.74, 6) is -0.162. The van der Waals surface area contributed by atoms with Gasteiger partial charge in [0.15, 0.2) is 5.82 Å². The average molecular weight is 142 g/mol. The predicted molar refractivity (Wildman–Crippen MR) is 37.3 cm³/mol. The maximum Gasteiger partial charge on any atom is 0.167 e. The highest BCUT2D eigenvalue weighted by Gasteiger charge is 2.09. The minimum atomic E-state index is -0.162. The lowest BCUT2D eigenvalue weighted by atomic mass is 10.3. The maximum atomic E-state index is 12.9. The van der Waals surface area contributed by atoms with Crippen LogP contribution < -0.4 is 0 Å². The van der Waals surface area contributed by atoms with Gasteiger partial charge in [0, 0.05) is 7.05 Å². The third-order valence-corrected chi connectivity index (χ3v) is 1.60. The molecule has 0 aliphatic heterocycles. The second-order valence-corrected chi connectivity index (χ2v) is 2.32. The molecule has 1 aromatic rings. The number of aryl methyl sites for hydroxylation is 2. The van der Waals surface area contributed by atoms with Gasteiger partial charge in [-0.1, -0.05) is 6.92 Å². The van der Waals surface area contributed by atoms with Crippen LogP contribution in [0.25, 0.3) is 0 Å². The van der Waals surface area contributed by atoms with Crippen molar-refractivity contribution < 1.29 is 4.39 Å². The smallest absolute Gasteiger partial charge is 0.167 e. The van der Waals surface area contributed by atoms with Gasteiger partial charge in [0.2, 0.25) is 0 Å². The molecule has 2 nitrogen and oxygen atoms in total. The van der Waals surface area contributed by atoms with Gasteiger partial charge >= 0.3 is 0 Å². The van der Waals surface area contributed by atoms with Crippen molar-refractivity contribution >= 4 is 0 Å². The Balaban J connectivity index is 3.20. The Kier molecular flexibility index (Phi) is 1.74. The summed E-state index contributed by atoms with van der Waals surface area (Å²) in [6.07, 6.45) is 0.698. The molecule has 0 aliphatic carbocycles. The molecule has 0 saturated carbocycles. The van der Waals surface area contributed by atoms with Crippen LogP contribution in [0.4, 0.5) is 4.39 Å². The molecule has 0 radical (unpaired) electrons. The summed E-state index contributed by atoms with van der Waals surface area (Å²) in [4.78, 5) is 0. The summed E-state index contributed by atoms with van der Waals surface area (Å²) in [5.41, 5.74) is 1.16. The fourth-order valence-electron chi connectivity index (χ4n) is 1.06. The van der Waals surface area contributed by atoms with Gasteiger partial charge in [-0.3, -0.25) is 4.68 Å². The van der Waals surface area contributed by atoms with E-state index in [-0.39, 0.29) is 5.82 Å². The molecule has 10 heavy (non-hydrogen) atoms. The molecule has 0 aromatic carbocycles. The highest BCUT2D eigenvalue weighted by Crippen LogP contribution is 2.09. The van der Waals surface area contributed by atoms with Gasteiger partial charge in [0.05, 0.1) is 11.4 Å². The van der Waals surface area contributed by atoms with E-state index in [2.05, 4.69) is 5.10 Å². The van der Waals surface area contributed by atoms with Crippen LogP contribution in [0.2, 0.25) is 0 Å². The molecule has 0 saturated heterocycles. The first-order valence-electron chi connectivity index (χ1n) is 3.34. The van der Waals surface area contributed by atoms with Crippen molar-refractivity contribution in [2.75, 3.05) is 0 Å². The van der Waals surface area contributed by atoms with E-state index in [1.54, 1.807) is 18.7 Å². The van der Waals surface area contributed by atoms with Crippen molar-refractivity contribution in [2.45, 2.75) is 20.3 Å². The SMILES string of the molecule is CCc1c(F)c(C)nn1C. The van der Waals surface area contributed by atoms with E-state index in [1.165, 1.54) is 0 Å². The number of hydrogen-bond donors (Lipinski definition) is 0. The molecule has 0 aliphatic rings. The molecule has 3 heteroatoms. The maximum absolute atomic E-state index is 12.9. The van der Waals surface area contributed by atoms with E-state index in [4.69, 9.17) is 0 Å². The Hall–Kier alpha value is -0.860. The van der Waals surface area contributed by atoms with E-state index in [0.717, 1.165) is 0 Å². The van der Waals surface area contributed by atoms with Gasteiger partial charge in [-0.05, 0) is 13.3 Å². The zero-order chi connectivity index (χ0) is 7.72. The van der Waals surface area contributed by atoms with Gasteiger partial charge in [-0.2, -0.15) is 5.10 Å². The standard InChI is InChI=1S/C7H11FN2/c1-4-6-7(8)5(2)9-10(6)3/h4H2,1-3H3. The Labute approximate surface area is 59.7 Å². The third kappa shape index (κ3) is 0.916. The Bertz CT molecular complexity index is 240. The number of hydrogen-bond acceptors (Lipinski definition) is 1. The van der Waals surface area contributed by atoms with Crippen LogP contribution in [0.5, 0.6) is 0 Å². The summed E-state index contributed by atoms with van der Waals surface area (Å²) >= 11 is 0. The van der Waals surface area contributed by atoms with Gasteiger partial charge in [-0.15, -0.1) is 0 Å². The molecular formula is C7H11FN2. The van der Waals surface area contributed by atoms with Crippen molar-refractivity contribution in [3.05, 3.63) is 17.2 Å². The van der Waals surface area contributed by atoms with Crippen LogP contribution >= 0.6 is 0 Å². The third-order valence-electron chi connectivity index (χ3n) is 1.60. The molecule has 1 rings (SSSR count). The molecule has 1 aromatic heterocycles. The second-order valence-electron chi connectivity index (χ2n) is 2.32. The number of halogens is 1. The van der Waals surface area contributed by atoms with E-state index in [1.807, 2.05) is 6.92 Å². The van der Waals surface area contributed by atoms with E-state index >= 15 is 0 Å². The molecule has 0 atom stereocenters. The van der Waals surface area contributed by atoms with Crippen LogP contribution in [-0.4, -0.2) is 9.78 Å². The van der Waals surface area contributed by atoms with Crippen LogP contribution in [-0.2, 0) is 13.5 Å². The van der Waals surface area contributed by atoms with Gasteiger partial charge in [0.1, 0.15) is 0 Å². The van der Waals surface area contributed by atoms with E-state index < -0.39 is 0 Å². The van der Waals surface area contributed by atoms with Crippen molar-refractivity contribution in [2.24, 2.45) is 7.05 Å². The molecule has 0 spiro atoms. The summed E-state index contributed by atoms with van der Waals surface area (Å²) in [7, 11) is 1.76. The van der Waals surface area contributed by atoms with Gasteiger partial charge in [-0.25, -0.2) is 4.39 Å². The summed E-state index contributed by atoms with van der Waals surface area (Å²) < 4.78 is 14.5. The Morgan fingerprint density at radius 2 is 2.20 bits per heavy atom. The molecule has 0 fully saturated rings. The molecule has 0 unspecified atom stereocenters. The van der Waals surface area contributed by atoms with E-state index in [9.17, 15) is 4.39 Å². The fourth-order valence-corrected chi connectivity index (χ4v) is 1.06. The first kappa shape index (κ1) is 7.25. The van der Waals surface area contributed by atoms with Crippen molar-refractivity contribution in [3.8, 4) is 0 Å². The fraction of sp³-hybridized carbons (Fsp3) is 0.571. The molecule has 0 bridgehead atoms. The van der Waals surface area contributed by atoms with Crippen molar-refractivity contribution in [1.82, 2.24) is 9.78 Å². The van der Waals surface area contributed by atoms with Crippen LogP contribution in [0.1, 0.15) is 18.3 Å². The highest BCUT2D eigenvalue weighted by atomic mass is 19.1. The average Bonchev–Trinajstić information content (AvgIpc) is 2.09. The first-order valence-corrected chi connectivity index (χ1v) is 3.34. The van der Waals surface area contributed by atoms with Gasteiger partial charge < -0.3 is 0 Å². The summed E-state index contributed by atoms with van der Waals surface area (Å²) in [6.45, 7) is 3.59. The van der Waals surface area contributed by atoms with Crippen LogP contribution in [0.3, 0.4) is 0 Å². The Morgan fingerprint density at radius 1 is 1.60 bits per heavy atom. The van der Waals surface area contributed by atoms with Crippen molar-refractivity contribution in [3.63, 3.8) is 0 Å². The molecule has 56 valence electrons. The predicted octanol–water partition coefficient (Wildman–Crippen LogP) is 1.43. The zero-order valence-corrected chi connectivity index (χ0v) is 6.48. The second kappa shape index (κ2) is 2.40. The number of rotatable bonds is 1. The van der Waals surface area contributed by atoms with Crippen molar-refractivity contribution in [1.29, 1.82) is 0 Å². The number of aromatic nitrogens is 2. The van der Waals surface area contributed by atoms with Gasteiger partial charge in [0.25, 0.3) is 0 Å². The first-order chi connectivity index (χ1) is 4.66. The Morgan fingerprint density at radius 3 is 2.40 bits per heavy atom. The van der Waals surface area contributed by atoms with Crippen LogP contribution in [0.15, 0.2) is 0 Å². The topological polar surface area (TPSA) is 17.8 Å². The molecule has 0 amide bonds. The minimum Gasteiger partial charge on any atom is -0.269 e. The molecular weight excluding hydrogens is 131 g/mol. The number of nitrogens with zero attached hydrogens (tertiary/aromatic N) is 2. The summed E-state index contributed by atoms with van der Waals surface area (Å²) in [6, 6.07) is 0. The summed E-state index contributed by atoms with van der Waals surface area (Å²) in [5, 5.41) is 3.92. The largest absolute Gasteiger partial charge is 0.269 e.